The average Bonchev–Trinajstić information content (AvgIpc) is 3.28. The van der Waals surface area contributed by atoms with E-state index in [0.29, 0.717) is 5.56 Å². The predicted molar refractivity (Wildman–Crippen MR) is 90.2 cm³/mol. The van der Waals surface area contributed by atoms with Crippen molar-refractivity contribution < 1.29 is 21.9 Å². The van der Waals surface area contributed by atoms with Gasteiger partial charge in [-0.3, -0.25) is 4.79 Å². The number of hydrogen-bond donors (Lipinski definition) is 1. The molecule has 0 atom stereocenters. The third kappa shape index (κ3) is 6.47. The van der Waals surface area contributed by atoms with Gasteiger partial charge in [-0.15, -0.1) is 5.56 Å². The molecule has 0 aliphatic rings. The van der Waals surface area contributed by atoms with Crippen LogP contribution in [0.25, 0.3) is 0 Å². The zero-order valence-corrected chi connectivity index (χ0v) is 13.9. The Hall–Kier alpha value is -2.42. The molecular formula is C19H18FeN2O. The Morgan fingerprint density at radius 2 is 1.61 bits per heavy atom. The number of carbonyl (C=O) groups is 1. The van der Waals surface area contributed by atoms with Gasteiger partial charge in [0.1, 0.15) is 0 Å². The second-order valence-electron chi connectivity index (χ2n) is 4.64. The second-order valence-corrected chi connectivity index (χ2v) is 4.64. The number of nitrogens with one attached hydrogen (secondary N) is 1. The van der Waals surface area contributed by atoms with Crippen LogP contribution in [0.3, 0.4) is 0 Å². The smallest absolute Gasteiger partial charge is 0.267 e. The summed E-state index contributed by atoms with van der Waals surface area (Å²) in [5, 5.41) is 4.06. The zero-order chi connectivity index (χ0) is 15.6. The average molecular weight is 346 g/mol. The van der Waals surface area contributed by atoms with Crippen LogP contribution in [0.1, 0.15) is 22.8 Å². The van der Waals surface area contributed by atoms with Crippen molar-refractivity contribution >= 4 is 11.6 Å². The summed E-state index contributed by atoms with van der Waals surface area (Å²) in [7, 11) is 0. The maximum atomic E-state index is 11.7. The van der Waals surface area contributed by atoms with Crippen molar-refractivity contribution in [3.05, 3.63) is 96.1 Å². The largest absolute Gasteiger partial charge is 2.00 e. The molecule has 0 aromatic heterocycles. The number of hydrazone groups is 1. The molecule has 0 radical (unpaired) electrons. The number of rotatable bonds is 3. The van der Waals surface area contributed by atoms with E-state index in [4.69, 9.17) is 0 Å². The Morgan fingerprint density at radius 1 is 1.00 bits per heavy atom. The van der Waals surface area contributed by atoms with Crippen molar-refractivity contribution in [3.8, 4) is 0 Å². The minimum atomic E-state index is -0.198. The van der Waals surface area contributed by atoms with Crippen LogP contribution in [-0.4, -0.2) is 11.6 Å². The normalized spacial score (nSPS) is 10.0. The van der Waals surface area contributed by atoms with Gasteiger partial charge in [0, 0.05) is 11.3 Å². The fourth-order valence-corrected chi connectivity index (χ4v) is 1.79. The van der Waals surface area contributed by atoms with Crippen molar-refractivity contribution in [2.24, 2.45) is 5.10 Å². The van der Waals surface area contributed by atoms with Crippen LogP contribution in [0.15, 0.2) is 90.0 Å². The summed E-state index contributed by atoms with van der Waals surface area (Å²) in [6, 6.07) is 26.8. The summed E-state index contributed by atoms with van der Waals surface area (Å²) in [5.74, 6) is -0.198. The third-order valence-corrected chi connectivity index (χ3v) is 3.00. The van der Waals surface area contributed by atoms with Gasteiger partial charge in [-0.25, -0.2) is 29.7 Å². The molecule has 3 aromatic rings. The van der Waals surface area contributed by atoms with Crippen LogP contribution in [0.4, 0.5) is 0 Å². The van der Waals surface area contributed by atoms with E-state index >= 15 is 0 Å². The molecule has 3 aromatic carbocycles. The molecule has 0 spiro atoms. The van der Waals surface area contributed by atoms with Crippen LogP contribution in [-0.2, 0) is 17.1 Å². The van der Waals surface area contributed by atoms with Crippen LogP contribution in [0.2, 0.25) is 0 Å². The number of hydrogen-bond acceptors (Lipinski definition) is 2. The van der Waals surface area contributed by atoms with Gasteiger partial charge in [0.15, 0.2) is 0 Å². The quantitative estimate of drug-likeness (QED) is 0.332. The van der Waals surface area contributed by atoms with Crippen LogP contribution in [0.5, 0.6) is 0 Å². The van der Waals surface area contributed by atoms with Crippen LogP contribution in [0, 0.1) is 0 Å². The van der Waals surface area contributed by atoms with E-state index in [2.05, 4.69) is 10.5 Å². The molecule has 3 rings (SSSR count). The van der Waals surface area contributed by atoms with E-state index in [1.54, 1.807) is 12.1 Å². The summed E-state index contributed by atoms with van der Waals surface area (Å²) in [5.41, 5.74) is 4.94. The molecule has 0 aliphatic heterocycles. The van der Waals surface area contributed by atoms with Gasteiger partial charge >= 0.3 is 17.1 Å². The summed E-state index contributed by atoms with van der Waals surface area (Å²) in [6.07, 6.45) is 0. The molecular weight excluding hydrogens is 328 g/mol. The molecule has 118 valence electrons. The molecule has 0 bridgehead atoms. The van der Waals surface area contributed by atoms with Crippen LogP contribution < -0.4 is 5.43 Å². The zero-order valence-electron chi connectivity index (χ0n) is 12.8. The van der Waals surface area contributed by atoms with Crippen molar-refractivity contribution in [2.45, 2.75) is 6.92 Å². The SMILES string of the molecule is CC(=NNC(=O)c1ccccc1)[c-]1cccc1.[Fe+2].c1cc[cH-]c1. The third-order valence-electron chi connectivity index (χ3n) is 3.00. The Balaban J connectivity index is 0.000000377. The number of carbonyl (C=O) groups excluding carboxylic acids is 1. The fraction of sp³-hybridized carbons (Fsp3) is 0.0526. The summed E-state index contributed by atoms with van der Waals surface area (Å²) in [4.78, 5) is 11.7. The molecule has 3 nitrogen and oxygen atoms in total. The van der Waals surface area contributed by atoms with Crippen molar-refractivity contribution in [2.75, 3.05) is 0 Å². The topological polar surface area (TPSA) is 41.5 Å². The van der Waals surface area contributed by atoms with E-state index in [1.807, 2.05) is 79.7 Å². The van der Waals surface area contributed by atoms with Crippen molar-refractivity contribution in [3.63, 3.8) is 0 Å². The van der Waals surface area contributed by atoms with E-state index in [1.165, 1.54) is 0 Å². The Morgan fingerprint density at radius 3 is 2.13 bits per heavy atom. The molecule has 0 aliphatic carbocycles. The van der Waals surface area contributed by atoms with E-state index in [9.17, 15) is 4.79 Å². The first-order valence-corrected chi connectivity index (χ1v) is 7.06. The molecule has 0 fully saturated rings. The maximum Gasteiger partial charge on any atom is 2.00 e. The van der Waals surface area contributed by atoms with Gasteiger partial charge in [-0.2, -0.15) is 35.4 Å². The van der Waals surface area contributed by atoms with Gasteiger partial charge < -0.3 is 0 Å². The molecule has 0 heterocycles. The van der Waals surface area contributed by atoms with E-state index < -0.39 is 0 Å². The summed E-state index contributed by atoms with van der Waals surface area (Å²) >= 11 is 0. The molecule has 23 heavy (non-hydrogen) atoms. The summed E-state index contributed by atoms with van der Waals surface area (Å²) < 4.78 is 0. The molecule has 0 saturated heterocycles. The van der Waals surface area contributed by atoms with E-state index in [-0.39, 0.29) is 23.0 Å². The van der Waals surface area contributed by atoms with Gasteiger partial charge in [-0.1, -0.05) is 18.2 Å². The van der Waals surface area contributed by atoms with Gasteiger partial charge in [0.2, 0.25) is 0 Å². The maximum absolute atomic E-state index is 11.7. The second kappa shape index (κ2) is 10.3. The monoisotopic (exact) mass is 346 g/mol. The van der Waals surface area contributed by atoms with Gasteiger partial charge in [0.25, 0.3) is 5.91 Å². The fourth-order valence-electron chi connectivity index (χ4n) is 1.79. The standard InChI is InChI=1S/C14H13N2O.C5H5.Fe/c1-11(12-7-5-6-8-12)15-16-14(17)13-9-3-2-4-10-13;1-2-4-5-3-1;/h2-10H,1H3,(H,16,17);1-5H;/q2*-1;+2. The molecule has 1 N–H and O–H groups in total. The van der Waals surface area contributed by atoms with Crippen LogP contribution >= 0.6 is 0 Å². The Labute approximate surface area is 147 Å². The number of amides is 1. The Bertz CT molecular complexity index is 669. The molecule has 4 heteroatoms. The Kier molecular flexibility index (Phi) is 8.37. The van der Waals surface area contributed by atoms with E-state index in [0.717, 1.165) is 11.3 Å². The molecule has 0 saturated carbocycles. The number of benzene rings is 1. The summed E-state index contributed by atoms with van der Waals surface area (Å²) in [6.45, 7) is 1.86. The first-order valence-electron chi connectivity index (χ1n) is 7.06. The van der Waals surface area contributed by atoms with Crippen molar-refractivity contribution in [1.29, 1.82) is 0 Å². The van der Waals surface area contributed by atoms with Crippen molar-refractivity contribution in [1.82, 2.24) is 5.43 Å². The first-order chi connectivity index (χ1) is 10.8. The molecule has 0 unspecified atom stereocenters. The molecule has 1 amide bonds. The first kappa shape index (κ1) is 18.6. The minimum Gasteiger partial charge on any atom is -0.267 e. The minimum absolute atomic E-state index is 0. The van der Waals surface area contributed by atoms with Gasteiger partial charge in [0.05, 0.1) is 0 Å². The van der Waals surface area contributed by atoms with Gasteiger partial charge in [-0.05, 0) is 19.1 Å². The predicted octanol–water partition coefficient (Wildman–Crippen LogP) is 3.96. The number of nitrogens with zero attached hydrogens (tertiary/aromatic N) is 1.